The minimum absolute atomic E-state index is 0.154. The van der Waals surface area contributed by atoms with Crippen molar-refractivity contribution in [3.8, 4) is 12.1 Å². The zero-order valence-corrected chi connectivity index (χ0v) is 21.9. The molecule has 0 amide bonds. The van der Waals surface area contributed by atoms with Gasteiger partial charge in [0.25, 0.3) is 0 Å². The molecule has 0 atom stereocenters. The van der Waals surface area contributed by atoms with E-state index in [2.05, 4.69) is 13.8 Å². The van der Waals surface area contributed by atoms with Crippen molar-refractivity contribution in [2.75, 3.05) is 13.2 Å². The van der Waals surface area contributed by atoms with Gasteiger partial charge >= 0.3 is 11.9 Å². The first-order chi connectivity index (χ1) is 18.3. The van der Waals surface area contributed by atoms with E-state index in [1.54, 1.807) is 0 Å². The van der Waals surface area contributed by atoms with Crippen molar-refractivity contribution >= 4 is 23.1 Å². The molecule has 10 heteroatoms. The normalized spacial score (nSPS) is 10.4. The second kappa shape index (κ2) is 18.0. The van der Waals surface area contributed by atoms with Gasteiger partial charge in [-0.15, -0.1) is 0 Å². The van der Waals surface area contributed by atoms with Gasteiger partial charge in [0.2, 0.25) is 0 Å². The van der Waals surface area contributed by atoms with Gasteiger partial charge in [-0.3, -0.25) is 0 Å². The average Bonchev–Trinajstić information content (AvgIpc) is 2.91. The topological polar surface area (TPSA) is 100 Å². The molecule has 208 valence electrons. The molecule has 1 rings (SSSR count). The van der Waals surface area contributed by atoms with Crippen molar-refractivity contribution in [3.63, 3.8) is 0 Å². The molecule has 6 nitrogen and oxygen atoms in total. The maximum atomic E-state index is 14.8. The lowest BCUT2D eigenvalue weighted by atomic mass is 10.1. The van der Waals surface area contributed by atoms with Gasteiger partial charge in [-0.05, 0) is 12.8 Å². The van der Waals surface area contributed by atoms with Gasteiger partial charge < -0.3 is 9.47 Å². The third-order valence-electron chi connectivity index (χ3n) is 5.86. The number of ether oxygens (including phenoxy) is 2. The summed E-state index contributed by atoms with van der Waals surface area (Å²) in [6.07, 6.45) is 10.3. The fourth-order valence-corrected chi connectivity index (χ4v) is 3.72. The quantitative estimate of drug-likeness (QED) is 0.121. The van der Waals surface area contributed by atoms with Crippen LogP contribution < -0.4 is 10.4 Å². The van der Waals surface area contributed by atoms with Crippen LogP contribution in [0.4, 0.5) is 17.6 Å². The minimum atomic E-state index is -2.11. The molecule has 0 N–H and O–H groups in total. The van der Waals surface area contributed by atoms with Gasteiger partial charge in [0.15, 0.2) is 34.4 Å². The summed E-state index contributed by atoms with van der Waals surface area (Å²) in [4.78, 5) is 24.5. The number of nitriles is 2. The molecule has 0 spiro atoms. The van der Waals surface area contributed by atoms with Gasteiger partial charge in [-0.2, -0.15) is 10.5 Å². The van der Waals surface area contributed by atoms with Crippen LogP contribution in [0.1, 0.15) is 90.9 Å². The Morgan fingerprint density at radius 1 is 0.579 bits per heavy atom. The van der Waals surface area contributed by atoms with Crippen molar-refractivity contribution in [2.24, 2.45) is 0 Å². The molecule has 1 aromatic carbocycles. The highest BCUT2D eigenvalue weighted by molar-refractivity contribution is 6.16. The van der Waals surface area contributed by atoms with Crippen LogP contribution >= 0.6 is 0 Å². The molecule has 0 saturated carbocycles. The maximum Gasteiger partial charge on any atom is 0.349 e. The summed E-state index contributed by atoms with van der Waals surface area (Å²) in [6.45, 7) is 3.80. The Balaban J connectivity index is 3.21. The molecular formula is C28H34F4N2O4. The molecule has 0 radical (unpaired) electrons. The molecule has 0 fully saturated rings. The Morgan fingerprint density at radius 3 is 1.16 bits per heavy atom. The number of benzene rings is 1. The highest BCUT2D eigenvalue weighted by atomic mass is 19.2. The lowest BCUT2D eigenvalue weighted by Gasteiger charge is -2.08. The van der Waals surface area contributed by atoms with Gasteiger partial charge in [-0.25, -0.2) is 27.2 Å². The second-order valence-electron chi connectivity index (χ2n) is 8.79. The Morgan fingerprint density at radius 2 is 0.868 bits per heavy atom. The number of rotatable bonds is 16. The van der Waals surface area contributed by atoms with E-state index in [0.29, 0.717) is 12.8 Å². The first kappa shape index (κ1) is 32.6. The predicted octanol–water partition coefficient (Wildman–Crippen LogP) is 5.40. The van der Waals surface area contributed by atoms with Crippen molar-refractivity contribution in [2.45, 2.75) is 90.9 Å². The Bertz CT molecular complexity index is 1040. The highest BCUT2D eigenvalue weighted by Crippen LogP contribution is 2.11. The monoisotopic (exact) mass is 538 g/mol. The van der Waals surface area contributed by atoms with Crippen molar-refractivity contribution in [1.82, 2.24) is 0 Å². The number of esters is 2. The molecule has 1 aromatic rings. The van der Waals surface area contributed by atoms with Crippen LogP contribution in [-0.2, 0) is 19.1 Å². The minimum Gasteiger partial charge on any atom is -0.462 e. The largest absolute Gasteiger partial charge is 0.462 e. The van der Waals surface area contributed by atoms with E-state index < -0.39 is 56.8 Å². The van der Waals surface area contributed by atoms with Crippen LogP contribution in [0.15, 0.2) is 0 Å². The van der Waals surface area contributed by atoms with E-state index in [4.69, 9.17) is 9.47 Å². The van der Waals surface area contributed by atoms with E-state index in [0.717, 1.165) is 64.2 Å². The van der Waals surface area contributed by atoms with Crippen LogP contribution in [0.2, 0.25) is 0 Å². The Hall–Kier alpha value is -3.40. The zero-order chi connectivity index (χ0) is 28.5. The molecule has 0 aliphatic heterocycles. The Labute approximate surface area is 220 Å². The summed E-state index contributed by atoms with van der Waals surface area (Å²) in [5, 5.41) is 15.4. The number of halogens is 4. The summed E-state index contributed by atoms with van der Waals surface area (Å²) in [5.41, 5.74) is -2.56. The fraction of sp³-hybridized carbons (Fsp3) is 0.571. The first-order valence-corrected chi connectivity index (χ1v) is 13.0. The smallest absolute Gasteiger partial charge is 0.349 e. The van der Waals surface area contributed by atoms with Crippen molar-refractivity contribution < 1.29 is 36.6 Å². The summed E-state index contributed by atoms with van der Waals surface area (Å²) < 4.78 is 69.1. The fourth-order valence-electron chi connectivity index (χ4n) is 3.72. The number of carbonyl (C=O) groups excluding carboxylic acids is 2. The van der Waals surface area contributed by atoms with Crippen LogP contribution in [0.25, 0.3) is 11.1 Å². The third kappa shape index (κ3) is 9.48. The van der Waals surface area contributed by atoms with Crippen LogP contribution in [0.5, 0.6) is 0 Å². The molecule has 0 unspecified atom stereocenters. The molecule has 0 saturated heterocycles. The van der Waals surface area contributed by atoms with E-state index >= 15 is 0 Å². The number of nitrogens with zero attached hydrogens (tertiary/aromatic N) is 2. The highest BCUT2D eigenvalue weighted by Gasteiger charge is 2.27. The standard InChI is InChI=1S/C28H34F4N2O4/c1-3-5-7-9-11-13-15-37-27(35)19(17-33)21-23(29)25(31)22(26(32)24(21)30)20(18-34)28(36)38-16-14-12-10-8-6-4-2/h3-16H2,1-2H3. The van der Waals surface area contributed by atoms with Crippen LogP contribution in [0.3, 0.4) is 0 Å². The SMILES string of the molecule is CCCCCCCCOC(=O)C(C#N)=c1c(F)c(F)c(=C(C#N)C(=O)OCCCCCCCC)c(F)c1F. The summed E-state index contributed by atoms with van der Waals surface area (Å²) in [6, 6.07) is 2.45. The third-order valence-corrected chi connectivity index (χ3v) is 5.86. The number of hydrogen-bond donors (Lipinski definition) is 0. The molecule has 0 heterocycles. The molecular weight excluding hydrogens is 504 g/mol. The Kier molecular flexibility index (Phi) is 15.4. The molecule has 0 aromatic heterocycles. The molecule has 38 heavy (non-hydrogen) atoms. The average molecular weight is 539 g/mol. The zero-order valence-electron chi connectivity index (χ0n) is 21.9. The van der Waals surface area contributed by atoms with Crippen LogP contribution in [-0.4, -0.2) is 25.2 Å². The van der Waals surface area contributed by atoms with Gasteiger partial charge in [0, 0.05) is 0 Å². The van der Waals surface area contributed by atoms with Gasteiger partial charge in [-0.1, -0.05) is 78.1 Å². The van der Waals surface area contributed by atoms with Gasteiger partial charge in [0.1, 0.15) is 12.1 Å². The lowest BCUT2D eigenvalue weighted by molar-refractivity contribution is -0.137. The first-order valence-electron chi connectivity index (χ1n) is 13.0. The van der Waals surface area contributed by atoms with E-state index in [1.807, 2.05) is 0 Å². The lowest BCUT2D eigenvalue weighted by Crippen LogP contribution is -2.34. The van der Waals surface area contributed by atoms with Crippen molar-refractivity contribution in [3.05, 3.63) is 33.7 Å². The number of unbranched alkanes of at least 4 members (excludes halogenated alkanes) is 10. The maximum absolute atomic E-state index is 14.8. The molecule has 0 bridgehead atoms. The number of carbonyl (C=O) groups is 2. The molecule has 0 aliphatic carbocycles. The van der Waals surface area contributed by atoms with Gasteiger partial charge in [0.05, 0.1) is 23.7 Å². The van der Waals surface area contributed by atoms with E-state index in [-0.39, 0.29) is 13.2 Å². The second-order valence-corrected chi connectivity index (χ2v) is 8.79. The van der Waals surface area contributed by atoms with Crippen LogP contribution in [0, 0.1) is 45.9 Å². The number of hydrogen-bond acceptors (Lipinski definition) is 6. The van der Waals surface area contributed by atoms with Crippen molar-refractivity contribution in [1.29, 1.82) is 10.5 Å². The molecule has 0 aliphatic rings. The predicted molar refractivity (Wildman–Crippen MR) is 132 cm³/mol. The summed E-state index contributed by atoms with van der Waals surface area (Å²) in [7, 11) is 0. The summed E-state index contributed by atoms with van der Waals surface area (Å²) >= 11 is 0. The van der Waals surface area contributed by atoms with E-state index in [1.165, 1.54) is 12.1 Å². The van der Waals surface area contributed by atoms with E-state index in [9.17, 15) is 37.7 Å². The summed E-state index contributed by atoms with van der Waals surface area (Å²) in [5.74, 6) is -11.3.